The molecule has 6 nitrogen and oxygen atoms in total. The van der Waals surface area contributed by atoms with Crippen LogP contribution in [0.3, 0.4) is 0 Å². The van der Waals surface area contributed by atoms with Gasteiger partial charge in [-0.05, 0) is 44.4 Å². The van der Waals surface area contributed by atoms with E-state index >= 15 is 0 Å². The van der Waals surface area contributed by atoms with Crippen LogP contribution in [0.2, 0.25) is 5.15 Å². The zero-order chi connectivity index (χ0) is 22.1. The Bertz CT molecular complexity index is 905. The maximum absolute atomic E-state index is 12.8. The monoisotopic (exact) mass is 430 g/mol. The highest BCUT2D eigenvalue weighted by atomic mass is 35.5. The van der Waals surface area contributed by atoms with E-state index in [4.69, 9.17) is 11.6 Å². The van der Waals surface area contributed by atoms with Gasteiger partial charge in [0.05, 0.1) is 5.69 Å². The number of halogens is 1. The van der Waals surface area contributed by atoms with Crippen LogP contribution in [0.5, 0.6) is 0 Å². The van der Waals surface area contributed by atoms with E-state index in [2.05, 4.69) is 17.3 Å². The molecule has 0 fully saturated rings. The van der Waals surface area contributed by atoms with Crippen molar-refractivity contribution in [3.05, 3.63) is 52.3 Å². The summed E-state index contributed by atoms with van der Waals surface area (Å²) in [6, 6.07) is 7.56. The number of hydrogen-bond donors (Lipinski definition) is 1. The summed E-state index contributed by atoms with van der Waals surface area (Å²) < 4.78 is 1.77. The molecule has 2 rings (SSSR count). The molecule has 162 valence electrons. The van der Waals surface area contributed by atoms with E-state index in [1.807, 2.05) is 45.0 Å². The Labute approximate surface area is 183 Å². The quantitative estimate of drug-likeness (QED) is 0.548. The van der Waals surface area contributed by atoms with Crippen molar-refractivity contribution >= 4 is 35.2 Å². The Balaban J connectivity index is 2.07. The van der Waals surface area contributed by atoms with Crippen LogP contribution in [0.25, 0.3) is 6.08 Å². The molecule has 1 aromatic carbocycles. The van der Waals surface area contributed by atoms with Crippen LogP contribution >= 0.6 is 11.6 Å². The first-order chi connectivity index (χ1) is 14.4. The highest BCUT2D eigenvalue weighted by Gasteiger charge is 2.16. The number of para-hydroxylation sites is 1. The predicted molar refractivity (Wildman–Crippen MR) is 123 cm³/mol. The highest BCUT2D eigenvalue weighted by molar-refractivity contribution is 6.31. The van der Waals surface area contributed by atoms with E-state index in [1.54, 1.807) is 10.8 Å². The van der Waals surface area contributed by atoms with Crippen LogP contribution < -0.4 is 5.32 Å². The summed E-state index contributed by atoms with van der Waals surface area (Å²) in [6.07, 6.45) is 5.96. The van der Waals surface area contributed by atoms with Crippen molar-refractivity contribution in [3.8, 4) is 0 Å². The number of carbonyl (C=O) groups is 2. The maximum atomic E-state index is 12.8. The van der Waals surface area contributed by atoms with Crippen molar-refractivity contribution in [2.24, 2.45) is 0 Å². The Kier molecular flexibility index (Phi) is 9.12. The minimum atomic E-state index is -0.228. The molecule has 0 unspecified atom stereocenters. The van der Waals surface area contributed by atoms with E-state index in [0.717, 1.165) is 48.3 Å². The van der Waals surface area contributed by atoms with Crippen molar-refractivity contribution in [3.63, 3.8) is 0 Å². The molecule has 1 aromatic heterocycles. The molecule has 0 radical (unpaired) electrons. The largest absolute Gasteiger partial charge is 0.330 e. The minimum absolute atomic E-state index is 0.00613. The molecule has 1 heterocycles. The number of nitrogens with one attached hydrogen (secondary N) is 1. The third-order valence-corrected chi connectivity index (χ3v) is 5.18. The molecular weight excluding hydrogens is 400 g/mol. The Morgan fingerprint density at radius 1 is 1.20 bits per heavy atom. The summed E-state index contributed by atoms with van der Waals surface area (Å²) in [6.45, 7) is 9.13. The lowest BCUT2D eigenvalue weighted by atomic mass is 10.2. The molecule has 2 amide bonds. The summed E-state index contributed by atoms with van der Waals surface area (Å²) in [7, 11) is 0. The van der Waals surface area contributed by atoms with Gasteiger partial charge >= 0.3 is 0 Å². The van der Waals surface area contributed by atoms with Crippen molar-refractivity contribution in [1.29, 1.82) is 0 Å². The molecule has 7 heteroatoms. The SMILES string of the molecule is CCCCn1nc(C)c(/C=C/C(=O)N(CCC)CC(=O)Nc2ccccc2C)c1Cl. The summed E-state index contributed by atoms with van der Waals surface area (Å²) in [4.78, 5) is 26.8. The number of aryl methyl sites for hydroxylation is 3. The maximum Gasteiger partial charge on any atom is 0.247 e. The summed E-state index contributed by atoms with van der Waals surface area (Å²) >= 11 is 6.44. The number of aromatic nitrogens is 2. The van der Waals surface area contributed by atoms with Crippen LogP contribution in [-0.4, -0.2) is 39.6 Å². The lowest BCUT2D eigenvalue weighted by Gasteiger charge is -2.20. The van der Waals surface area contributed by atoms with E-state index in [9.17, 15) is 9.59 Å². The van der Waals surface area contributed by atoms with E-state index < -0.39 is 0 Å². The van der Waals surface area contributed by atoms with Crippen LogP contribution in [0.15, 0.2) is 30.3 Å². The van der Waals surface area contributed by atoms with Crippen molar-refractivity contribution in [2.75, 3.05) is 18.4 Å². The van der Waals surface area contributed by atoms with Gasteiger partial charge in [0.2, 0.25) is 11.8 Å². The average molecular weight is 431 g/mol. The molecule has 0 atom stereocenters. The zero-order valence-electron chi connectivity index (χ0n) is 18.2. The first-order valence-electron chi connectivity index (χ1n) is 10.4. The number of anilines is 1. The fourth-order valence-electron chi connectivity index (χ4n) is 3.09. The van der Waals surface area contributed by atoms with Gasteiger partial charge in [-0.2, -0.15) is 5.10 Å². The standard InChI is InChI=1S/C23H31ClN4O2/c1-5-7-15-28-23(24)19(18(4)26-28)12-13-22(30)27(14-6-2)16-21(29)25-20-11-9-8-10-17(20)3/h8-13H,5-7,14-16H2,1-4H3,(H,25,29)/b13-12+. The van der Waals surface area contributed by atoms with Gasteiger partial charge in [0, 0.05) is 30.4 Å². The zero-order valence-corrected chi connectivity index (χ0v) is 19.0. The molecule has 0 saturated carbocycles. The number of carbonyl (C=O) groups excluding carboxylic acids is 2. The Morgan fingerprint density at radius 2 is 1.93 bits per heavy atom. The van der Waals surface area contributed by atoms with Gasteiger partial charge in [0.25, 0.3) is 0 Å². The molecule has 30 heavy (non-hydrogen) atoms. The number of benzene rings is 1. The number of rotatable bonds is 10. The van der Waals surface area contributed by atoms with E-state index in [-0.39, 0.29) is 18.4 Å². The number of amides is 2. The molecule has 0 aliphatic rings. The number of hydrogen-bond acceptors (Lipinski definition) is 3. The van der Waals surface area contributed by atoms with Crippen molar-refractivity contribution < 1.29 is 9.59 Å². The lowest BCUT2D eigenvalue weighted by molar-refractivity contribution is -0.130. The fraction of sp³-hybridized carbons (Fsp3) is 0.435. The summed E-state index contributed by atoms with van der Waals surface area (Å²) in [5, 5.41) is 7.86. The summed E-state index contributed by atoms with van der Waals surface area (Å²) in [5.41, 5.74) is 3.24. The van der Waals surface area contributed by atoms with Gasteiger partial charge in [0.15, 0.2) is 0 Å². The second-order valence-corrected chi connectivity index (χ2v) is 7.68. The third kappa shape index (κ3) is 6.46. The molecule has 0 aliphatic heterocycles. The second-order valence-electron chi connectivity index (χ2n) is 7.32. The molecule has 0 saturated heterocycles. The molecular formula is C23H31ClN4O2. The highest BCUT2D eigenvalue weighted by Crippen LogP contribution is 2.22. The minimum Gasteiger partial charge on any atom is -0.330 e. The van der Waals surface area contributed by atoms with Gasteiger partial charge in [-0.1, -0.05) is 50.1 Å². The molecule has 0 spiro atoms. The van der Waals surface area contributed by atoms with E-state index in [0.29, 0.717) is 11.7 Å². The van der Waals surface area contributed by atoms with Gasteiger partial charge in [-0.25, -0.2) is 0 Å². The third-order valence-electron chi connectivity index (χ3n) is 4.78. The van der Waals surface area contributed by atoms with Gasteiger partial charge in [0.1, 0.15) is 11.7 Å². The predicted octanol–water partition coefficient (Wildman–Crippen LogP) is 4.84. The normalized spacial score (nSPS) is 11.1. The first-order valence-corrected chi connectivity index (χ1v) is 10.8. The molecule has 0 bridgehead atoms. The van der Waals surface area contributed by atoms with Crippen LogP contribution in [0.4, 0.5) is 5.69 Å². The number of nitrogens with zero attached hydrogens (tertiary/aromatic N) is 3. The smallest absolute Gasteiger partial charge is 0.247 e. The Morgan fingerprint density at radius 3 is 2.60 bits per heavy atom. The topological polar surface area (TPSA) is 67.2 Å². The lowest BCUT2D eigenvalue weighted by Crippen LogP contribution is -2.37. The van der Waals surface area contributed by atoms with Gasteiger partial charge in [-0.15, -0.1) is 0 Å². The van der Waals surface area contributed by atoms with E-state index in [1.165, 1.54) is 11.0 Å². The molecule has 0 aliphatic carbocycles. The average Bonchev–Trinajstić information content (AvgIpc) is 2.98. The van der Waals surface area contributed by atoms with Crippen LogP contribution in [-0.2, 0) is 16.1 Å². The number of unbranched alkanes of at least 4 members (excludes halogenated alkanes) is 1. The van der Waals surface area contributed by atoms with Crippen LogP contribution in [0, 0.1) is 13.8 Å². The molecule has 2 aromatic rings. The Hall–Kier alpha value is -2.60. The first kappa shape index (κ1) is 23.7. The molecule has 1 N–H and O–H groups in total. The van der Waals surface area contributed by atoms with Crippen molar-refractivity contribution in [2.45, 2.75) is 53.5 Å². The summed E-state index contributed by atoms with van der Waals surface area (Å²) in [5.74, 6) is -0.449. The van der Waals surface area contributed by atoms with Crippen molar-refractivity contribution in [1.82, 2.24) is 14.7 Å². The fourth-order valence-corrected chi connectivity index (χ4v) is 3.41. The second kappa shape index (κ2) is 11.6. The van der Waals surface area contributed by atoms with Gasteiger partial charge < -0.3 is 10.2 Å². The van der Waals surface area contributed by atoms with Gasteiger partial charge in [-0.3, -0.25) is 14.3 Å². The van der Waals surface area contributed by atoms with Crippen LogP contribution in [0.1, 0.15) is 49.9 Å².